The number of nitrogens with one attached hydrogen (secondary N) is 3. The molecule has 0 aromatic carbocycles. The maximum Gasteiger partial charge on any atom is 0.280 e. The number of carbonyl (C=O) groups excluding carboxylic acids is 2. The molecule has 7 heteroatoms. The third kappa shape index (κ3) is 3.79. The maximum absolute atomic E-state index is 12.4. The molecule has 0 spiro atoms. The largest absolute Gasteiger partial charge is 0.365 e. The lowest BCUT2D eigenvalue weighted by atomic mass is 9.95. The Kier molecular flexibility index (Phi) is 5.53. The van der Waals surface area contributed by atoms with Crippen LogP contribution in [0.4, 0.5) is 5.00 Å². The number of aryl methyl sites for hydroxylation is 1. The topological polar surface area (TPSA) is 81.1 Å². The first-order valence-corrected chi connectivity index (χ1v) is 9.81. The Morgan fingerprint density at radius 3 is 2.46 bits per heavy atom. The van der Waals surface area contributed by atoms with Crippen LogP contribution in [0.3, 0.4) is 0 Å². The molecule has 1 saturated heterocycles. The van der Waals surface area contributed by atoms with E-state index in [-0.39, 0.29) is 5.91 Å². The van der Waals surface area contributed by atoms with Crippen molar-refractivity contribution in [2.24, 2.45) is 5.73 Å². The van der Waals surface area contributed by atoms with Gasteiger partial charge in [-0.25, -0.2) is 0 Å². The number of fused-ring (bicyclic) bond motifs is 1. The zero-order valence-corrected chi connectivity index (χ0v) is 15.2. The van der Waals surface area contributed by atoms with E-state index in [4.69, 9.17) is 5.73 Å². The van der Waals surface area contributed by atoms with Gasteiger partial charge in [0.2, 0.25) is 0 Å². The number of likely N-dealkylation sites (N-methyl/N-ethyl adjacent to an activating group) is 1. The Hall–Kier alpha value is -1.44. The van der Waals surface area contributed by atoms with E-state index in [1.165, 1.54) is 21.1 Å². The number of hydrogen-bond acceptors (Lipinski definition) is 3. The summed E-state index contributed by atoms with van der Waals surface area (Å²) < 4.78 is 0. The fourth-order valence-electron chi connectivity index (χ4n) is 3.80. The van der Waals surface area contributed by atoms with Crippen LogP contribution in [0.1, 0.15) is 40.6 Å². The van der Waals surface area contributed by atoms with Gasteiger partial charge in [-0.2, -0.15) is 0 Å². The van der Waals surface area contributed by atoms with Gasteiger partial charge in [-0.15, -0.1) is 11.3 Å². The molecule has 2 heterocycles. The van der Waals surface area contributed by atoms with Crippen LogP contribution in [0.2, 0.25) is 0 Å². The summed E-state index contributed by atoms with van der Waals surface area (Å²) in [6.07, 6.45) is 4.12. The van der Waals surface area contributed by atoms with Crippen molar-refractivity contribution in [2.75, 3.05) is 44.6 Å². The normalized spacial score (nSPS) is 23.5. The molecule has 1 aromatic heterocycles. The Morgan fingerprint density at radius 1 is 1.12 bits per heavy atom. The van der Waals surface area contributed by atoms with Crippen molar-refractivity contribution in [2.45, 2.75) is 32.6 Å². The van der Waals surface area contributed by atoms with Crippen LogP contribution in [-0.2, 0) is 17.6 Å². The molecule has 5 N–H and O–H groups in total. The van der Waals surface area contributed by atoms with Crippen LogP contribution in [-0.4, -0.2) is 51.1 Å². The second-order valence-corrected chi connectivity index (χ2v) is 7.96. The van der Waals surface area contributed by atoms with Gasteiger partial charge in [0.05, 0.1) is 12.1 Å². The van der Waals surface area contributed by atoms with Crippen LogP contribution in [0.15, 0.2) is 0 Å². The Labute approximate surface area is 147 Å². The van der Waals surface area contributed by atoms with Crippen molar-refractivity contribution in [1.82, 2.24) is 0 Å². The first-order valence-electron chi connectivity index (χ1n) is 8.99. The van der Waals surface area contributed by atoms with Crippen molar-refractivity contribution < 1.29 is 19.4 Å². The van der Waals surface area contributed by atoms with Crippen molar-refractivity contribution in [3.63, 3.8) is 0 Å². The molecular weight excluding hydrogens is 324 g/mol. The highest BCUT2D eigenvalue weighted by atomic mass is 32.1. The van der Waals surface area contributed by atoms with E-state index in [9.17, 15) is 9.59 Å². The predicted octanol–water partition coefficient (Wildman–Crippen LogP) is -1.53. The number of piperazine rings is 1. The average molecular weight is 353 g/mol. The quantitative estimate of drug-likeness (QED) is 0.519. The summed E-state index contributed by atoms with van der Waals surface area (Å²) in [7, 11) is 0. The van der Waals surface area contributed by atoms with Gasteiger partial charge in [-0.05, 0) is 38.2 Å². The third-order valence-corrected chi connectivity index (χ3v) is 6.45. The van der Waals surface area contributed by atoms with Gasteiger partial charge < -0.3 is 20.9 Å². The third-order valence-electron chi connectivity index (χ3n) is 5.25. The molecule has 0 unspecified atom stereocenters. The predicted molar refractivity (Wildman–Crippen MR) is 94.9 cm³/mol. The second kappa shape index (κ2) is 7.63. The fourth-order valence-corrected chi connectivity index (χ4v) is 5.11. The second-order valence-electron chi connectivity index (χ2n) is 6.86. The standard InChI is InChI=1S/C17H26N4O2S/c1-2-20-7-9-21(10-8-20)11-14(22)19-17-15(16(18)23)12-5-3-4-6-13(12)24-17/h2-11H2,1H3,(H2,18,23)(H,19,22)/p+2. The monoisotopic (exact) mass is 352 g/mol. The van der Waals surface area contributed by atoms with Gasteiger partial charge in [0, 0.05) is 4.88 Å². The minimum atomic E-state index is -0.419. The van der Waals surface area contributed by atoms with Gasteiger partial charge >= 0.3 is 0 Å². The van der Waals surface area contributed by atoms with Crippen LogP contribution in [0.25, 0.3) is 0 Å². The van der Waals surface area contributed by atoms with Crippen molar-refractivity contribution in [3.8, 4) is 0 Å². The van der Waals surface area contributed by atoms with E-state index in [2.05, 4.69) is 12.2 Å². The Bertz CT molecular complexity index is 620. The van der Waals surface area contributed by atoms with Crippen LogP contribution in [0, 0.1) is 0 Å². The van der Waals surface area contributed by atoms with E-state index in [0.717, 1.165) is 64.0 Å². The molecule has 6 nitrogen and oxygen atoms in total. The number of quaternary nitrogens is 2. The van der Waals surface area contributed by atoms with Gasteiger partial charge in [0.25, 0.3) is 11.8 Å². The van der Waals surface area contributed by atoms with E-state index in [1.54, 1.807) is 4.90 Å². The minimum absolute atomic E-state index is 0.00829. The number of thiophene rings is 1. The van der Waals surface area contributed by atoms with E-state index < -0.39 is 5.91 Å². The van der Waals surface area contributed by atoms with Crippen molar-refractivity contribution in [3.05, 3.63) is 16.0 Å². The van der Waals surface area contributed by atoms with Crippen LogP contribution >= 0.6 is 11.3 Å². The van der Waals surface area contributed by atoms with Crippen molar-refractivity contribution in [1.29, 1.82) is 0 Å². The first kappa shape index (κ1) is 17.4. The highest BCUT2D eigenvalue weighted by molar-refractivity contribution is 7.17. The molecule has 3 rings (SSSR count). The SMILES string of the molecule is CC[NH+]1CC[NH+](CC(=O)Nc2sc3c(c2C(N)=O)CCCC3)CC1. The van der Waals surface area contributed by atoms with E-state index >= 15 is 0 Å². The lowest BCUT2D eigenvalue weighted by molar-refractivity contribution is -1.01. The van der Waals surface area contributed by atoms with Crippen LogP contribution in [0.5, 0.6) is 0 Å². The number of carbonyl (C=O) groups is 2. The molecule has 1 fully saturated rings. The summed E-state index contributed by atoms with van der Waals surface area (Å²) in [6, 6.07) is 0. The molecule has 2 aliphatic rings. The number of primary amides is 1. The summed E-state index contributed by atoms with van der Waals surface area (Å²) in [4.78, 5) is 28.5. The minimum Gasteiger partial charge on any atom is -0.365 e. The summed E-state index contributed by atoms with van der Waals surface area (Å²) >= 11 is 1.54. The smallest absolute Gasteiger partial charge is 0.280 e. The van der Waals surface area contributed by atoms with Gasteiger partial charge in [0.15, 0.2) is 6.54 Å². The lowest BCUT2D eigenvalue weighted by Gasteiger charge is -2.28. The summed E-state index contributed by atoms with van der Waals surface area (Å²) in [5, 5.41) is 3.64. The molecular formula is C17H28N4O2S+2. The van der Waals surface area contributed by atoms with Crippen molar-refractivity contribution >= 4 is 28.2 Å². The Balaban J connectivity index is 1.64. The first-order chi connectivity index (χ1) is 11.6. The molecule has 24 heavy (non-hydrogen) atoms. The average Bonchev–Trinajstić information content (AvgIpc) is 2.93. The highest BCUT2D eigenvalue weighted by Gasteiger charge is 2.27. The molecule has 0 saturated carbocycles. The summed E-state index contributed by atoms with van der Waals surface area (Å²) in [5.74, 6) is -0.428. The number of hydrogen-bond donors (Lipinski definition) is 4. The molecule has 132 valence electrons. The van der Waals surface area contributed by atoms with Gasteiger partial charge in [-0.3, -0.25) is 9.59 Å². The zero-order valence-electron chi connectivity index (χ0n) is 14.4. The molecule has 2 amide bonds. The van der Waals surface area contributed by atoms with Gasteiger partial charge in [-0.1, -0.05) is 0 Å². The van der Waals surface area contributed by atoms with E-state index in [0.29, 0.717) is 17.1 Å². The lowest BCUT2D eigenvalue weighted by Crippen LogP contribution is -3.28. The molecule has 0 atom stereocenters. The maximum atomic E-state index is 12.4. The number of anilines is 1. The molecule has 0 bridgehead atoms. The molecule has 0 radical (unpaired) electrons. The fraction of sp³-hybridized carbons (Fsp3) is 0.647. The number of nitrogens with two attached hydrogens (primary N) is 1. The van der Waals surface area contributed by atoms with Gasteiger partial charge in [0.1, 0.15) is 31.2 Å². The molecule has 1 aliphatic carbocycles. The van der Waals surface area contributed by atoms with Crippen LogP contribution < -0.4 is 20.9 Å². The summed E-state index contributed by atoms with van der Waals surface area (Å²) in [5.41, 5.74) is 7.21. The van der Waals surface area contributed by atoms with E-state index in [1.807, 2.05) is 0 Å². The molecule has 1 aromatic rings. The highest BCUT2D eigenvalue weighted by Crippen LogP contribution is 2.37. The number of amides is 2. The molecule has 1 aliphatic heterocycles. The number of rotatable bonds is 5. The Morgan fingerprint density at radius 2 is 1.79 bits per heavy atom. The zero-order chi connectivity index (χ0) is 17.1. The summed E-state index contributed by atoms with van der Waals surface area (Å²) in [6.45, 7) is 8.13.